The Hall–Kier alpha value is -1.32. The second-order valence-corrected chi connectivity index (χ2v) is 24.2. The maximum absolute atomic E-state index is 11.9. The lowest BCUT2D eigenvalue weighted by molar-refractivity contribution is -0.142. The fraction of sp³-hybridized carbons (Fsp3) is 0.926. The Balaban J connectivity index is 0.795. The molecule has 8 rings (SSSR count). The van der Waals surface area contributed by atoms with Crippen LogP contribution in [0.2, 0.25) is 0 Å². The van der Waals surface area contributed by atoms with E-state index in [-0.39, 0.29) is 11.9 Å². The van der Waals surface area contributed by atoms with Gasteiger partial charge in [-0.05, 0) is 246 Å². The van der Waals surface area contributed by atoms with Gasteiger partial charge in [0, 0.05) is 12.8 Å². The minimum Gasteiger partial charge on any atom is -0.469 e. The van der Waals surface area contributed by atoms with E-state index in [0.717, 1.165) is 83.9 Å². The molecule has 0 aromatic carbocycles. The highest BCUT2D eigenvalue weighted by Gasteiger charge is 2.62. The number of rotatable bonds is 12. The van der Waals surface area contributed by atoms with Gasteiger partial charge in [-0.2, -0.15) is 0 Å². The number of hydrogen-bond donors (Lipinski definition) is 0. The average Bonchev–Trinajstić information content (AvgIpc) is 3.77. The van der Waals surface area contributed by atoms with E-state index in [0.29, 0.717) is 46.3 Å². The molecule has 2 unspecified atom stereocenters. The molecule has 0 aromatic rings. The summed E-state index contributed by atoms with van der Waals surface area (Å²) in [5, 5.41) is 0. The van der Waals surface area contributed by atoms with Crippen molar-refractivity contribution in [3.63, 3.8) is 0 Å². The lowest BCUT2D eigenvalue weighted by Crippen LogP contribution is -2.53. The summed E-state index contributed by atoms with van der Waals surface area (Å²) in [5.74, 6) is 12.0. The molecule has 328 valence electrons. The number of esters is 2. The van der Waals surface area contributed by atoms with Gasteiger partial charge in [-0.25, -0.2) is 0 Å². The summed E-state index contributed by atoms with van der Waals surface area (Å²) in [4.78, 5) is 23.9. The van der Waals surface area contributed by atoms with E-state index in [9.17, 15) is 9.59 Å². The number of hydrogen-bond acceptors (Lipinski definition) is 4. The van der Waals surface area contributed by atoms with Crippen LogP contribution in [0.5, 0.6) is 0 Å². The summed E-state index contributed by atoms with van der Waals surface area (Å²) < 4.78 is 9.99. The van der Waals surface area contributed by atoms with Crippen molar-refractivity contribution in [3.05, 3.63) is 12.2 Å². The van der Waals surface area contributed by atoms with Gasteiger partial charge in [-0.1, -0.05) is 53.7 Å². The van der Waals surface area contributed by atoms with Gasteiger partial charge in [0.1, 0.15) is 0 Å². The summed E-state index contributed by atoms with van der Waals surface area (Å²) in [7, 11) is 3.07. The van der Waals surface area contributed by atoms with Crippen LogP contribution in [-0.2, 0) is 19.1 Å². The molecule has 18 atom stereocenters. The molecule has 8 fully saturated rings. The van der Waals surface area contributed by atoms with Crippen LogP contribution in [0.15, 0.2) is 12.2 Å². The Morgan fingerprint density at radius 1 is 0.517 bits per heavy atom. The van der Waals surface area contributed by atoms with Gasteiger partial charge in [0.2, 0.25) is 0 Å². The number of carbonyl (C=O) groups excluding carboxylic acids is 2. The minimum absolute atomic E-state index is 0.0334. The largest absolute Gasteiger partial charge is 0.469 e. The highest BCUT2D eigenvalue weighted by molar-refractivity contribution is 5.69. The third-order valence-corrected chi connectivity index (χ3v) is 22.2. The Bertz CT molecular complexity index is 1380. The first kappa shape index (κ1) is 43.3. The van der Waals surface area contributed by atoms with Crippen molar-refractivity contribution < 1.29 is 19.1 Å². The monoisotopic (exact) mass is 801 g/mol. The lowest BCUT2D eigenvalue weighted by atomic mass is 9.44. The Morgan fingerprint density at radius 3 is 1.29 bits per heavy atom. The zero-order valence-electron chi connectivity index (χ0n) is 38.8. The molecule has 58 heavy (non-hydrogen) atoms. The molecule has 4 nitrogen and oxygen atoms in total. The predicted octanol–water partition coefficient (Wildman–Crippen LogP) is 14.1. The van der Waals surface area contributed by atoms with Crippen LogP contribution in [-0.4, -0.2) is 26.2 Å². The molecular formula is C54H88O4. The van der Waals surface area contributed by atoms with Gasteiger partial charge in [-0.15, -0.1) is 0 Å². The highest BCUT2D eigenvalue weighted by Crippen LogP contribution is 2.70. The van der Waals surface area contributed by atoms with E-state index in [1.54, 1.807) is 0 Å². The highest BCUT2D eigenvalue weighted by atomic mass is 16.5. The van der Waals surface area contributed by atoms with Gasteiger partial charge >= 0.3 is 11.9 Å². The second-order valence-electron chi connectivity index (χ2n) is 24.2. The van der Waals surface area contributed by atoms with Crippen LogP contribution in [0.25, 0.3) is 0 Å². The fourth-order valence-corrected chi connectivity index (χ4v) is 18.9. The smallest absolute Gasteiger partial charge is 0.305 e. The molecule has 0 aliphatic heterocycles. The van der Waals surface area contributed by atoms with Gasteiger partial charge in [-0.3, -0.25) is 9.59 Å². The Labute approximate surface area is 356 Å². The van der Waals surface area contributed by atoms with Crippen LogP contribution in [0.3, 0.4) is 0 Å². The number of methoxy groups -OCH3 is 2. The number of carbonyl (C=O) groups is 2. The Morgan fingerprint density at radius 2 is 0.897 bits per heavy atom. The van der Waals surface area contributed by atoms with Crippen molar-refractivity contribution >= 4 is 11.9 Å². The van der Waals surface area contributed by atoms with E-state index in [1.165, 1.54) is 143 Å². The molecular weight excluding hydrogens is 713 g/mol. The van der Waals surface area contributed by atoms with E-state index < -0.39 is 0 Å². The standard InChI is InChI=1S/C54H88O4/c1-35(13-23-49(55)57-7)43-19-21-45-41-17-15-39-33-37(25-29-51(39,3)47(41)27-31-53(43,45)5)11-9-10-12-38-26-30-52(4)40(34-38)16-18-42-46-22-20-44(36(2)14-24-50(56)58-8)54(46,6)32-28-48(42)52/h9-10,35-48H,11-34H2,1-8H3/b10-9+/t35-,36-,37?,38?,39-,40-,41+,42+,43-,44-,45+,46+,47+,48+,51+,52+,53-,54-/m1/s1. The molecule has 4 heteroatoms. The van der Waals surface area contributed by atoms with Crippen molar-refractivity contribution in [2.75, 3.05) is 14.2 Å². The number of allylic oxidation sites excluding steroid dienone is 2. The van der Waals surface area contributed by atoms with E-state index in [1.807, 2.05) is 0 Å². The predicted molar refractivity (Wildman–Crippen MR) is 237 cm³/mol. The first-order chi connectivity index (χ1) is 27.7. The summed E-state index contributed by atoms with van der Waals surface area (Å²) in [6.07, 6.45) is 37.3. The van der Waals surface area contributed by atoms with Crippen LogP contribution in [0.4, 0.5) is 0 Å². The van der Waals surface area contributed by atoms with Gasteiger partial charge in [0.15, 0.2) is 0 Å². The normalized spacial score (nSPS) is 48.1. The zero-order valence-corrected chi connectivity index (χ0v) is 38.8. The molecule has 0 amide bonds. The average molecular weight is 801 g/mol. The molecule has 8 saturated carbocycles. The molecule has 0 saturated heterocycles. The van der Waals surface area contributed by atoms with E-state index in [2.05, 4.69) is 53.7 Å². The minimum atomic E-state index is -0.0334. The van der Waals surface area contributed by atoms with Crippen molar-refractivity contribution in [2.45, 2.75) is 196 Å². The molecule has 0 radical (unpaired) electrons. The molecule has 0 aromatic heterocycles. The van der Waals surface area contributed by atoms with Gasteiger partial charge in [0.05, 0.1) is 14.2 Å². The molecule has 0 heterocycles. The maximum Gasteiger partial charge on any atom is 0.305 e. The SMILES string of the molecule is COC(=O)CC[C@@H](C)[C@H]1CC[C@H]2[C@@H]3CC[C@@H]4CC(C/C=C/CC5CC[C@@]6(C)[C@H](CC[C@@H]7[C@@H]6CC[C@]6(C)[C@@H]([C@H](C)CCC(=O)OC)CC[C@@H]76)C5)CC[C@]4(C)[C@H]3CC[C@]12C. The first-order valence-electron chi connectivity index (χ1n) is 25.5. The second kappa shape index (κ2) is 17.1. The van der Waals surface area contributed by atoms with E-state index >= 15 is 0 Å². The fourth-order valence-electron chi connectivity index (χ4n) is 18.9. The van der Waals surface area contributed by atoms with Crippen LogP contribution < -0.4 is 0 Å². The Kier molecular flexibility index (Phi) is 12.8. The van der Waals surface area contributed by atoms with Crippen LogP contribution in [0, 0.1) is 105 Å². The van der Waals surface area contributed by atoms with Crippen molar-refractivity contribution in [2.24, 2.45) is 105 Å². The number of ether oxygens (including phenoxy) is 2. The molecule has 0 N–H and O–H groups in total. The summed E-state index contributed by atoms with van der Waals surface area (Å²) in [6, 6.07) is 0. The van der Waals surface area contributed by atoms with Crippen molar-refractivity contribution in [1.82, 2.24) is 0 Å². The molecule has 8 aliphatic rings. The molecule has 0 spiro atoms. The third-order valence-electron chi connectivity index (χ3n) is 22.2. The van der Waals surface area contributed by atoms with Crippen LogP contribution >= 0.6 is 0 Å². The molecule has 8 aliphatic carbocycles. The summed E-state index contributed by atoms with van der Waals surface area (Å²) >= 11 is 0. The van der Waals surface area contributed by atoms with E-state index in [4.69, 9.17) is 9.47 Å². The summed E-state index contributed by atoms with van der Waals surface area (Å²) in [5.41, 5.74) is 2.08. The van der Waals surface area contributed by atoms with Crippen molar-refractivity contribution in [3.8, 4) is 0 Å². The van der Waals surface area contributed by atoms with Crippen molar-refractivity contribution in [1.29, 1.82) is 0 Å². The zero-order chi connectivity index (χ0) is 41.0. The lowest BCUT2D eigenvalue weighted by Gasteiger charge is -2.61. The third kappa shape index (κ3) is 7.63. The number of fused-ring (bicyclic) bond motifs is 10. The van der Waals surface area contributed by atoms with Crippen LogP contribution in [0.1, 0.15) is 196 Å². The summed E-state index contributed by atoms with van der Waals surface area (Å²) in [6.45, 7) is 15.7. The maximum atomic E-state index is 11.9. The quantitative estimate of drug-likeness (QED) is 0.146. The van der Waals surface area contributed by atoms with Gasteiger partial charge in [0.25, 0.3) is 0 Å². The van der Waals surface area contributed by atoms with Gasteiger partial charge < -0.3 is 9.47 Å². The first-order valence-corrected chi connectivity index (χ1v) is 25.5. The topological polar surface area (TPSA) is 52.6 Å². The molecule has 0 bridgehead atoms.